The predicted octanol–water partition coefficient (Wildman–Crippen LogP) is 4.51. The number of pyridine rings is 2. The lowest BCUT2D eigenvalue weighted by atomic mass is 10.00. The largest absolute Gasteiger partial charge is 0.408 e. The number of piperidine rings is 1. The second kappa shape index (κ2) is 8.60. The normalized spacial score (nSPS) is 16.8. The summed E-state index contributed by atoms with van der Waals surface area (Å²) in [4.78, 5) is 29.0. The molecule has 0 radical (unpaired) electrons. The van der Waals surface area contributed by atoms with Gasteiger partial charge in [-0.25, -0.2) is 15.0 Å². The Kier molecular flexibility index (Phi) is 5.86. The summed E-state index contributed by atoms with van der Waals surface area (Å²) in [5.41, 5.74) is 2.31. The second-order valence-corrected chi connectivity index (χ2v) is 7.90. The summed E-state index contributed by atoms with van der Waals surface area (Å²) < 4.78 is 40.8. The van der Waals surface area contributed by atoms with Crippen LogP contribution in [0.3, 0.4) is 0 Å². The molecule has 1 aliphatic heterocycles. The highest BCUT2D eigenvalue weighted by Gasteiger charge is 2.45. The summed E-state index contributed by atoms with van der Waals surface area (Å²) in [6.45, 7) is 3.90. The number of rotatable bonds is 4. The second-order valence-electron chi connectivity index (χ2n) is 7.90. The molecule has 7 nitrogen and oxygen atoms in total. The molecule has 10 heteroatoms. The Morgan fingerprint density at radius 3 is 2.72 bits per heavy atom. The summed E-state index contributed by atoms with van der Waals surface area (Å²) in [5, 5.41) is 3.02. The molecule has 168 valence electrons. The van der Waals surface area contributed by atoms with Gasteiger partial charge in [0.25, 0.3) is 0 Å². The van der Waals surface area contributed by atoms with Crippen LogP contribution in [0, 0.1) is 13.8 Å². The van der Waals surface area contributed by atoms with Crippen molar-refractivity contribution in [1.29, 1.82) is 0 Å². The minimum Gasteiger partial charge on any atom is -0.346 e. The van der Waals surface area contributed by atoms with Crippen LogP contribution in [0.15, 0.2) is 41.5 Å². The molecule has 2 N–H and O–H groups in total. The van der Waals surface area contributed by atoms with E-state index in [1.54, 1.807) is 30.6 Å². The average Bonchev–Trinajstić information content (AvgIpc) is 2.74. The Bertz CT molecular complexity index is 1180. The van der Waals surface area contributed by atoms with Crippen LogP contribution >= 0.6 is 0 Å². The van der Waals surface area contributed by atoms with Crippen LogP contribution in [0.5, 0.6) is 0 Å². The Balaban J connectivity index is 1.71. The van der Waals surface area contributed by atoms with Crippen molar-refractivity contribution in [1.82, 2.24) is 19.9 Å². The molecule has 32 heavy (non-hydrogen) atoms. The van der Waals surface area contributed by atoms with Gasteiger partial charge in [-0.05, 0) is 68.0 Å². The fourth-order valence-corrected chi connectivity index (χ4v) is 3.93. The number of anilines is 3. The van der Waals surface area contributed by atoms with Gasteiger partial charge >= 0.3 is 6.18 Å². The first-order valence-electron chi connectivity index (χ1n) is 10.3. The first-order chi connectivity index (χ1) is 15.2. The van der Waals surface area contributed by atoms with E-state index in [-0.39, 0.29) is 18.8 Å². The van der Waals surface area contributed by atoms with Gasteiger partial charge in [0.2, 0.25) is 11.5 Å². The molecule has 0 spiro atoms. The minimum absolute atomic E-state index is 0.00854. The molecular formula is C22H23F3N6O. The zero-order valence-corrected chi connectivity index (χ0v) is 17.7. The van der Waals surface area contributed by atoms with Gasteiger partial charge in [0, 0.05) is 30.7 Å². The topological polar surface area (TPSA) is 86.8 Å². The number of nitrogens with zero attached hydrogens (tertiary/aromatic N) is 4. The fourth-order valence-electron chi connectivity index (χ4n) is 3.93. The minimum atomic E-state index is -4.37. The van der Waals surface area contributed by atoms with Crippen molar-refractivity contribution in [2.75, 3.05) is 16.8 Å². The number of hydrogen-bond donors (Lipinski definition) is 2. The molecule has 0 unspecified atom stereocenters. The van der Waals surface area contributed by atoms with Crippen LogP contribution in [0.2, 0.25) is 0 Å². The zero-order chi connectivity index (χ0) is 22.9. The average molecular weight is 444 g/mol. The third-order valence-corrected chi connectivity index (χ3v) is 5.47. The molecule has 3 aromatic rings. The van der Waals surface area contributed by atoms with E-state index in [9.17, 15) is 18.0 Å². The highest BCUT2D eigenvalue weighted by molar-refractivity contribution is 5.72. The van der Waals surface area contributed by atoms with Gasteiger partial charge in [0.05, 0.1) is 0 Å². The molecule has 1 fully saturated rings. The summed E-state index contributed by atoms with van der Waals surface area (Å²) in [6.07, 6.45) is 0.0351. The van der Waals surface area contributed by atoms with E-state index >= 15 is 0 Å². The Morgan fingerprint density at radius 2 is 1.97 bits per heavy atom. The smallest absolute Gasteiger partial charge is 0.346 e. The lowest BCUT2D eigenvalue weighted by Gasteiger charge is -2.38. The Morgan fingerprint density at radius 1 is 1.16 bits per heavy atom. The van der Waals surface area contributed by atoms with Crippen LogP contribution in [0.4, 0.5) is 30.8 Å². The molecule has 0 bridgehead atoms. The zero-order valence-electron chi connectivity index (χ0n) is 17.7. The van der Waals surface area contributed by atoms with Gasteiger partial charge in [-0.2, -0.15) is 13.2 Å². The van der Waals surface area contributed by atoms with Gasteiger partial charge in [0.15, 0.2) is 0 Å². The van der Waals surface area contributed by atoms with Gasteiger partial charge in [-0.3, -0.25) is 4.79 Å². The first-order valence-corrected chi connectivity index (χ1v) is 10.3. The van der Waals surface area contributed by atoms with Gasteiger partial charge in [-0.1, -0.05) is 0 Å². The van der Waals surface area contributed by atoms with E-state index in [4.69, 9.17) is 0 Å². The van der Waals surface area contributed by atoms with Crippen molar-refractivity contribution >= 4 is 17.6 Å². The lowest BCUT2D eigenvalue weighted by molar-refractivity contribution is -0.152. The number of hydrogen-bond acceptors (Lipinski definition) is 6. The summed E-state index contributed by atoms with van der Waals surface area (Å²) >= 11 is 0. The maximum Gasteiger partial charge on any atom is 0.408 e. The maximum absolute atomic E-state index is 13.6. The highest BCUT2D eigenvalue weighted by Crippen LogP contribution is 2.35. The molecule has 0 amide bonds. The van der Waals surface area contributed by atoms with Crippen molar-refractivity contribution in [2.45, 2.75) is 45.3 Å². The molecule has 1 atom stereocenters. The molecule has 0 aromatic carbocycles. The fraction of sp³-hybridized carbons (Fsp3) is 0.364. The molecule has 4 rings (SSSR count). The number of H-pyrrole nitrogens is 1. The van der Waals surface area contributed by atoms with Crippen LogP contribution in [0.25, 0.3) is 11.1 Å². The van der Waals surface area contributed by atoms with E-state index in [0.29, 0.717) is 35.7 Å². The molecule has 1 saturated heterocycles. The Hall–Kier alpha value is -3.43. The van der Waals surface area contributed by atoms with Gasteiger partial charge < -0.3 is 15.2 Å². The van der Waals surface area contributed by atoms with Crippen LogP contribution < -0.4 is 15.8 Å². The van der Waals surface area contributed by atoms with Crippen LogP contribution in [-0.2, 0) is 0 Å². The SMILES string of the molecule is Cc1ccnc(Nc2cc(-c3cc(N4CCCC[C@@H]4C(F)(F)F)[nH]c(=O)c3)c(C)cn2)n1. The third kappa shape index (κ3) is 4.74. The predicted molar refractivity (Wildman–Crippen MR) is 116 cm³/mol. The Labute approximate surface area is 182 Å². The molecule has 3 aromatic heterocycles. The number of aromatic amines is 1. The van der Waals surface area contributed by atoms with E-state index in [2.05, 4.69) is 25.3 Å². The molecule has 0 aliphatic carbocycles. The van der Waals surface area contributed by atoms with E-state index in [0.717, 1.165) is 11.3 Å². The quantitative estimate of drug-likeness (QED) is 0.616. The monoisotopic (exact) mass is 444 g/mol. The summed E-state index contributed by atoms with van der Waals surface area (Å²) in [5.74, 6) is 1.01. The number of aryl methyl sites for hydroxylation is 2. The van der Waals surface area contributed by atoms with Crippen molar-refractivity contribution in [3.8, 4) is 11.1 Å². The summed E-state index contributed by atoms with van der Waals surface area (Å²) in [7, 11) is 0. The third-order valence-electron chi connectivity index (χ3n) is 5.47. The molecule has 4 heterocycles. The van der Waals surface area contributed by atoms with E-state index in [1.165, 1.54) is 11.0 Å². The van der Waals surface area contributed by atoms with Crippen molar-refractivity contribution in [3.63, 3.8) is 0 Å². The van der Waals surface area contributed by atoms with Crippen molar-refractivity contribution in [3.05, 3.63) is 58.3 Å². The van der Waals surface area contributed by atoms with Gasteiger partial charge in [0.1, 0.15) is 17.7 Å². The van der Waals surface area contributed by atoms with Crippen molar-refractivity contribution in [2.24, 2.45) is 0 Å². The molecule has 0 saturated carbocycles. The first kappa shape index (κ1) is 21.8. The number of alkyl halides is 3. The lowest BCUT2D eigenvalue weighted by Crippen LogP contribution is -2.49. The standard InChI is InChI=1S/C22H23F3N6O/c1-13-12-27-18(29-21-26-7-6-14(2)28-21)11-16(13)15-9-19(30-20(32)10-15)31-8-4-3-5-17(31)22(23,24)25/h6-7,9-12,17H,3-5,8H2,1-2H3,(H,30,32)(H,26,27,28,29)/t17-/m1/s1. The van der Waals surface area contributed by atoms with Crippen LogP contribution in [0.1, 0.15) is 30.5 Å². The van der Waals surface area contributed by atoms with Crippen LogP contribution in [-0.4, -0.2) is 38.7 Å². The molecular weight excluding hydrogens is 421 g/mol. The van der Waals surface area contributed by atoms with E-state index in [1.807, 2.05) is 13.8 Å². The number of nitrogens with one attached hydrogen (secondary N) is 2. The van der Waals surface area contributed by atoms with Crippen molar-refractivity contribution < 1.29 is 13.2 Å². The maximum atomic E-state index is 13.6. The number of halogens is 3. The highest BCUT2D eigenvalue weighted by atomic mass is 19.4. The van der Waals surface area contributed by atoms with Gasteiger partial charge in [-0.15, -0.1) is 0 Å². The molecule has 1 aliphatic rings. The van der Waals surface area contributed by atoms with E-state index < -0.39 is 17.8 Å². The summed E-state index contributed by atoms with van der Waals surface area (Å²) in [6, 6.07) is 4.87. The number of aromatic nitrogens is 4.